The van der Waals surface area contributed by atoms with E-state index in [9.17, 15) is 14.4 Å². The van der Waals surface area contributed by atoms with Gasteiger partial charge in [-0.1, -0.05) is 29.9 Å². The highest BCUT2D eigenvalue weighted by molar-refractivity contribution is 6.05. The number of ether oxygens (including phenoxy) is 4. The number of allylic oxidation sites excluding steroid dienone is 3. The molecule has 2 aliphatic rings. The van der Waals surface area contributed by atoms with Gasteiger partial charge >= 0.3 is 11.9 Å². The molecule has 0 radical (unpaired) electrons. The summed E-state index contributed by atoms with van der Waals surface area (Å²) in [6.07, 6.45) is 4.94. The van der Waals surface area contributed by atoms with Crippen LogP contribution in [0.15, 0.2) is 48.6 Å². The third-order valence-corrected chi connectivity index (χ3v) is 6.40. The van der Waals surface area contributed by atoms with Gasteiger partial charge in [-0.15, -0.1) is 6.58 Å². The van der Waals surface area contributed by atoms with Gasteiger partial charge in [0.05, 0.1) is 34.4 Å². The van der Waals surface area contributed by atoms with E-state index in [2.05, 4.69) is 6.58 Å². The number of rotatable bonds is 7. The number of Topliss-reactive ketones (excluding diaryl/α,β-unsaturated/α-hetero) is 1. The molecule has 1 aromatic carbocycles. The van der Waals surface area contributed by atoms with Crippen LogP contribution < -0.4 is 4.74 Å². The number of esters is 2. The summed E-state index contributed by atoms with van der Waals surface area (Å²) >= 11 is 0. The first-order valence-corrected chi connectivity index (χ1v) is 10.2. The van der Waals surface area contributed by atoms with Crippen molar-refractivity contribution in [3.05, 3.63) is 59.7 Å². The predicted octanol–water partition coefficient (Wildman–Crippen LogP) is 3.45. The van der Waals surface area contributed by atoms with Crippen LogP contribution in [-0.4, -0.2) is 46.2 Å². The van der Waals surface area contributed by atoms with Crippen molar-refractivity contribution < 1.29 is 33.3 Å². The fourth-order valence-corrected chi connectivity index (χ4v) is 4.84. The number of carbonyl (C=O) groups is 3. The van der Waals surface area contributed by atoms with Gasteiger partial charge in [0.2, 0.25) is 0 Å². The maximum absolute atomic E-state index is 13.8. The van der Waals surface area contributed by atoms with Crippen LogP contribution in [0.4, 0.5) is 0 Å². The normalized spacial score (nSPS) is 23.2. The molecule has 170 valence electrons. The number of hydrogen-bond acceptors (Lipinski definition) is 7. The van der Waals surface area contributed by atoms with Gasteiger partial charge in [-0.3, -0.25) is 14.4 Å². The van der Waals surface area contributed by atoms with Gasteiger partial charge in [0.1, 0.15) is 17.3 Å². The lowest BCUT2D eigenvalue weighted by molar-refractivity contribution is -0.165. The van der Waals surface area contributed by atoms with Crippen LogP contribution in [0.5, 0.6) is 5.75 Å². The smallest absolute Gasteiger partial charge is 0.327 e. The van der Waals surface area contributed by atoms with Crippen molar-refractivity contribution in [2.45, 2.75) is 19.3 Å². The summed E-state index contributed by atoms with van der Waals surface area (Å²) in [6.45, 7) is 5.69. The Kier molecular flexibility index (Phi) is 6.57. The Bertz CT molecular complexity index is 1000. The first kappa shape index (κ1) is 23.3. The van der Waals surface area contributed by atoms with Crippen molar-refractivity contribution in [3.63, 3.8) is 0 Å². The first-order valence-electron chi connectivity index (χ1n) is 10.2. The second-order valence-corrected chi connectivity index (χ2v) is 7.95. The van der Waals surface area contributed by atoms with Crippen molar-refractivity contribution in [2.24, 2.45) is 17.3 Å². The molecule has 0 amide bonds. The molecule has 2 aliphatic carbocycles. The maximum Gasteiger partial charge on any atom is 0.327 e. The Morgan fingerprint density at radius 2 is 1.72 bits per heavy atom. The SMILES string of the molecule is C=CC1c2c(OC)cccc2C(OC)=CC1C(=O)[C@@H]1CC(C(=O)OC)(C(=O)OC)C=C1C. The summed E-state index contributed by atoms with van der Waals surface area (Å²) in [7, 11) is 5.53. The molecule has 3 rings (SSSR count). The summed E-state index contributed by atoms with van der Waals surface area (Å²) in [5.74, 6) is -2.12. The zero-order valence-corrected chi connectivity index (χ0v) is 19.0. The zero-order chi connectivity index (χ0) is 23.6. The molecule has 0 N–H and O–H groups in total. The summed E-state index contributed by atoms with van der Waals surface area (Å²) < 4.78 is 20.9. The fourth-order valence-electron chi connectivity index (χ4n) is 4.84. The largest absolute Gasteiger partial charge is 0.496 e. The van der Waals surface area contributed by atoms with E-state index in [4.69, 9.17) is 18.9 Å². The number of hydrogen-bond donors (Lipinski definition) is 0. The Labute approximate surface area is 187 Å². The topological polar surface area (TPSA) is 88.1 Å². The zero-order valence-electron chi connectivity index (χ0n) is 19.0. The minimum absolute atomic E-state index is 0.0493. The molecule has 32 heavy (non-hydrogen) atoms. The molecule has 0 aliphatic heterocycles. The van der Waals surface area contributed by atoms with E-state index in [1.807, 2.05) is 18.2 Å². The standard InChI is InChI=1S/C25H28O7/c1-7-15-17(11-20(30-4)16-9-8-10-19(29-3)21(15)16)22(26)18-13-25(12-14(18)2,23(27)31-5)24(28)32-6/h7-12,15,17-18H,1,13H2,2-6H3/t15?,17?,18-/m1/s1. The fraction of sp³-hybridized carbons (Fsp3) is 0.400. The molecular formula is C25H28O7. The number of benzene rings is 1. The van der Waals surface area contributed by atoms with Crippen LogP contribution in [0.25, 0.3) is 5.76 Å². The van der Waals surface area contributed by atoms with Crippen LogP contribution in [0.2, 0.25) is 0 Å². The minimum atomic E-state index is -1.64. The van der Waals surface area contributed by atoms with Crippen LogP contribution in [0.1, 0.15) is 30.4 Å². The quantitative estimate of drug-likeness (QED) is 0.365. The second kappa shape index (κ2) is 9.02. The molecule has 0 spiro atoms. The highest BCUT2D eigenvalue weighted by atomic mass is 16.5. The van der Waals surface area contributed by atoms with Crippen molar-refractivity contribution in [1.29, 1.82) is 0 Å². The molecule has 0 bridgehead atoms. The average molecular weight is 440 g/mol. The van der Waals surface area contributed by atoms with Crippen LogP contribution in [-0.2, 0) is 28.6 Å². The Hall–Kier alpha value is -3.35. The summed E-state index contributed by atoms with van der Waals surface area (Å²) in [5, 5.41) is 0. The van der Waals surface area contributed by atoms with E-state index in [0.717, 1.165) is 11.1 Å². The Balaban J connectivity index is 2.06. The van der Waals surface area contributed by atoms with Gasteiger partial charge in [-0.25, -0.2) is 0 Å². The predicted molar refractivity (Wildman–Crippen MR) is 118 cm³/mol. The Morgan fingerprint density at radius 1 is 1.06 bits per heavy atom. The van der Waals surface area contributed by atoms with E-state index in [0.29, 0.717) is 17.1 Å². The average Bonchev–Trinajstić information content (AvgIpc) is 3.19. The van der Waals surface area contributed by atoms with E-state index in [-0.39, 0.29) is 18.1 Å². The number of ketones is 1. The molecule has 0 saturated carbocycles. The van der Waals surface area contributed by atoms with Crippen molar-refractivity contribution in [1.82, 2.24) is 0 Å². The van der Waals surface area contributed by atoms with Gasteiger partial charge in [0.15, 0.2) is 5.41 Å². The molecule has 0 fully saturated rings. The molecule has 3 atom stereocenters. The van der Waals surface area contributed by atoms with E-state index in [1.54, 1.807) is 33.3 Å². The van der Waals surface area contributed by atoms with Gasteiger partial charge in [-0.2, -0.15) is 0 Å². The number of fused-ring (bicyclic) bond motifs is 1. The third kappa shape index (κ3) is 3.51. The molecule has 7 nitrogen and oxygen atoms in total. The van der Waals surface area contributed by atoms with Crippen molar-refractivity contribution in [3.8, 4) is 5.75 Å². The molecule has 7 heteroatoms. The van der Waals surface area contributed by atoms with Gasteiger partial charge in [0, 0.05) is 23.0 Å². The Morgan fingerprint density at radius 3 is 2.25 bits per heavy atom. The highest BCUT2D eigenvalue weighted by Gasteiger charge is 2.54. The third-order valence-electron chi connectivity index (χ3n) is 6.40. The van der Waals surface area contributed by atoms with Crippen molar-refractivity contribution in [2.75, 3.05) is 28.4 Å². The number of carbonyl (C=O) groups excluding carboxylic acids is 3. The van der Waals surface area contributed by atoms with E-state index < -0.39 is 29.2 Å². The van der Waals surface area contributed by atoms with Crippen LogP contribution in [0.3, 0.4) is 0 Å². The maximum atomic E-state index is 13.8. The second-order valence-electron chi connectivity index (χ2n) is 7.95. The van der Waals surface area contributed by atoms with Gasteiger partial charge in [-0.05, 0) is 25.5 Å². The van der Waals surface area contributed by atoms with Crippen LogP contribution >= 0.6 is 0 Å². The van der Waals surface area contributed by atoms with E-state index >= 15 is 0 Å². The lowest BCUT2D eigenvalue weighted by atomic mass is 9.72. The molecule has 0 heterocycles. The molecule has 0 saturated heterocycles. The van der Waals surface area contributed by atoms with Crippen LogP contribution in [0, 0.1) is 17.3 Å². The van der Waals surface area contributed by atoms with Crippen molar-refractivity contribution >= 4 is 23.5 Å². The molecule has 1 aromatic rings. The first-order chi connectivity index (χ1) is 15.3. The monoisotopic (exact) mass is 440 g/mol. The molecule has 0 aromatic heterocycles. The minimum Gasteiger partial charge on any atom is -0.496 e. The lowest BCUT2D eigenvalue weighted by Gasteiger charge is -2.32. The molecule has 2 unspecified atom stereocenters. The summed E-state index contributed by atoms with van der Waals surface area (Å²) in [5.41, 5.74) is 0.620. The summed E-state index contributed by atoms with van der Waals surface area (Å²) in [4.78, 5) is 38.9. The highest BCUT2D eigenvalue weighted by Crippen LogP contribution is 2.49. The number of methoxy groups -OCH3 is 4. The summed E-state index contributed by atoms with van der Waals surface area (Å²) in [6, 6.07) is 5.60. The lowest BCUT2D eigenvalue weighted by Crippen LogP contribution is -2.40. The van der Waals surface area contributed by atoms with Gasteiger partial charge in [0.25, 0.3) is 0 Å². The van der Waals surface area contributed by atoms with Gasteiger partial charge < -0.3 is 18.9 Å². The molecular weight excluding hydrogens is 412 g/mol. The van der Waals surface area contributed by atoms with E-state index in [1.165, 1.54) is 20.3 Å².